The van der Waals surface area contributed by atoms with Crippen LogP contribution >= 0.6 is 0 Å². The van der Waals surface area contributed by atoms with Crippen molar-refractivity contribution < 1.29 is 14.6 Å². The van der Waals surface area contributed by atoms with Crippen LogP contribution in [-0.4, -0.2) is 17.6 Å². The Morgan fingerprint density at radius 3 is 2.22 bits per heavy atom. The molecule has 0 unspecified atom stereocenters. The minimum Gasteiger partial charge on any atom is -0.494 e. The van der Waals surface area contributed by atoms with Crippen LogP contribution in [-0.2, 0) is 12.1 Å². The number of hydrogen-bond acceptors (Lipinski definition) is 3. The van der Waals surface area contributed by atoms with E-state index in [0.29, 0.717) is 18.7 Å². The van der Waals surface area contributed by atoms with Crippen LogP contribution in [0.15, 0.2) is 48.5 Å². The number of ether oxygens (including phenoxy) is 1. The van der Waals surface area contributed by atoms with E-state index in [1.54, 1.807) is 38.1 Å². The Morgan fingerprint density at radius 1 is 1.09 bits per heavy atom. The molecule has 0 spiro atoms. The van der Waals surface area contributed by atoms with Gasteiger partial charge in [-0.25, -0.2) is 0 Å². The van der Waals surface area contributed by atoms with E-state index in [9.17, 15) is 9.90 Å². The first-order chi connectivity index (χ1) is 10.9. The first-order valence-corrected chi connectivity index (χ1v) is 7.73. The molecule has 0 aromatic heterocycles. The highest BCUT2D eigenvalue weighted by Crippen LogP contribution is 2.19. The molecular formula is C19H23NO3. The zero-order valence-electron chi connectivity index (χ0n) is 13.8. The number of benzene rings is 2. The van der Waals surface area contributed by atoms with Gasteiger partial charge in [0.1, 0.15) is 5.75 Å². The molecule has 2 aromatic carbocycles. The maximum absolute atomic E-state index is 12.1. The van der Waals surface area contributed by atoms with Gasteiger partial charge in [-0.1, -0.05) is 24.3 Å². The van der Waals surface area contributed by atoms with Crippen molar-refractivity contribution in [1.82, 2.24) is 5.32 Å². The van der Waals surface area contributed by atoms with Crippen LogP contribution in [0.2, 0.25) is 0 Å². The zero-order chi connectivity index (χ0) is 16.9. The summed E-state index contributed by atoms with van der Waals surface area (Å²) in [5.74, 6) is 0.630. The fraction of sp³-hybridized carbons (Fsp3) is 0.316. The van der Waals surface area contributed by atoms with E-state index in [1.807, 2.05) is 31.2 Å². The Labute approximate surface area is 137 Å². The number of rotatable bonds is 6. The third kappa shape index (κ3) is 4.83. The topological polar surface area (TPSA) is 58.6 Å². The summed E-state index contributed by atoms with van der Waals surface area (Å²) in [4.78, 5) is 12.1. The molecule has 0 saturated carbocycles. The molecule has 122 valence electrons. The third-order valence-electron chi connectivity index (χ3n) is 3.54. The van der Waals surface area contributed by atoms with Crippen LogP contribution in [0.4, 0.5) is 0 Å². The van der Waals surface area contributed by atoms with Gasteiger partial charge in [0.15, 0.2) is 0 Å². The van der Waals surface area contributed by atoms with Gasteiger partial charge >= 0.3 is 0 Å². The van der Waals surface area contributed by atoms with E-state index in [2.05, 4.69) is 5.32 Å². The molecule has 0 aliphatic carbocycles. The van der Waals surface area contributed by atoms with Crippen molar-refractivity contribution in [3.8, 4) is 5.75 Å². The second kappa shape index (κ2) is 7.29. The molecule has 0 bridgehead atoms. The maximum Gasteiger partial charge on any atom is 0.251 e. The smallest absolute Gasteiger partial charge is 0.251 e. The summed E-state index contributed by atoms with van der Waals surface area (Å²) >= 11 is 0. The van der Waals surface area contributed by atoms with Gasteiger partial charge < -0.3 is 15.2 Å². The van der Waals surface area contributed by atoms with Crippen LogP contribution in [0.1, 0.15) is 42.3 Å². The monoisotopic (exact) mass is 313 g/mol. The summed E-state index contributed by atoms with van der Waals surface area (Å²) in [6.07, 6.45) is 0. The largest absolute Gasteiger partial charge is 0.494 e. The summed E-state index contributed by atoms with van der Waals surface area (Å²) in [6.45, 7) is 6.46. The highest BCUT2D eigenvalue weighted by molar-refractivity contribution is 5.94. The molecule has 2 N–H and O–H groups in total. The number of carbonyl (C=O) groups excluding carboxylic acids is 1. The molecule has 2 rings (SSSR count). The van der Waals surface area contributed by atoms with Crippen LogP contribution in [0.25, 0.3) is 0 Å². The summed E-state index contributed by atoms with van der Waals surface area (Å²) in [5, 5.41) is 12.8. The Bertz CT molecular complexity index is 640. The summed E-state index contributed by atoms with van der Waals surface area (Å²) in [7, 11) is 0. The first-order valence-electron chi connectivity index (χ1n) is 7.73. The second-order valence-electron chi connectivity index (χ2n) is 5.90. The molecule has 0 fully saturated rings. The van der Waals surface area contributed by atoms with Gasteiger partial charge in [0.25, 0.3) is 5.91 Å². The lowest BCUT2D eigenvalue weighted by Gasteiger charge is -2.18. The number of aliphatic hydroxyl groups is 1. The normalized spacial score (nSPS) is 11.1. The van der Waals surface area contributed by atoms with E-state index in [4.69, 9.17) is 4.74 Å². The molecule has 0 radical (unpaired) electrons. The predicted molar refractivity (Wildman–Crippen MR) is 90.5 cm³/mol. The molecule has 2 aromatic rings. The molecule has 0 aliphatic rings. The van der Waals surface area contributed by atoms with Crippen LogP contribution in [0.3, 0.4) is 0 Å². The third-order valence-corrected chi connectivity index (χ3v) is 3.54. The first kappa shape index (κ1) is 17.0. The molecule has 23 heavy (non-hydrogen) atoms. The van der Waals surface area contributed by atoms with Crippen molar-refractivity contribution in [1.29, 1.82) is 0 Å². The second-order valence-corrected chi connectivity index (χ2v) is 5.90. The lowest BCUT2D eigenvalue weighted by atomic mass is 9.97. The zero-order valence-corrected chi connectivity index (χ0v) is 13.8. The highest BCUT2D eigenvalue weighted by Gasteiger charge is 2.15. The van der Waals surface area contributed by atoms with Crippen LogP contribution in [0, 0.1) is 0 Å². The molecule has 0 atom stereocenters. The van der Waals surface area contributed by atoms with Crippen molar-refractivity contribution >= 4 is 5.91 Å². The van der Waals surface area contributed by atoms with Crippen LogP contribution in [0.5, 0.6) is 5.75 Å². The van der Waals surface area contributed by atoms with Gasteiger partial charge in [0, 0.05) is 12.1 Å². The lowest BCUT2D eigenvalue weighted by Crippen LogP contribution is -2.23. The SMILES string of the molecule is CCOc1ccc(C(=O)NCc2ccc(C(C)(C)O)cc2)cc1. The predicted octanol–water partition coefficient (Wildman–Crippen LogP) is 3.24. The number of nitrogens with one attached hydrogen (secondary N) is 1. The molecular weight excluding hydrogens is 290 g/mol. The van der Waals surface area contributed by atoms with Crippen molar-refractivity contribution in [2.24, 2.45) is 0 Å². The van der Waals surface area contributed by atoms with E-state index < -0.39 is 5.60 Å². The molecule has 0 saturated heterocycles. The van der Waals surface area contributed by atoms with Crippen molar-refractivity contribution in [2.45, 2.75) is 32.9 Å². The lowest BCUT2D eigenvalue weighted by molar-refractivity contribution is 0.0785. The number of hydrogen-bond donors (Lipinski definition) is 2. The van der Waals surface area contributed by atoms with E-state index in [1.165, 1.54) is 0 Å². The van der Waals surface area contributed by atoms with Crippen molar-refractivity contribution in [3.63, 3.8) is 0 Å². The van der Waals surface area contributed by atoms with E-state index in [0.717, 1.165) is 16.9 Å². The molecule has 0 heterocycles. The number of carbonyl (C=O) groups is 1. The minimum atomic E-state index is -0.857. The highest BCUT2D eigenvalue weighted by atomic mass is 16.5. The molecule has 1 amide bonds. The summed E-state index contributed by atoms with van der Waals surface area (Å²) in [6, 6.07) is 14.6. The Balaban J connectivity index is 1.93. The summed E-state index contributed by atoms with van der Waals surface area (Å²) < 4.78 is 5.36. The van der Waals surface area contributed by atoms with Crippen molar-refractivity contribution in [2.75, 3.05) is 6.61 Å². The standard InChI is InChI=1S/C19H23NO3/c1-4-23-17-11-7-15(8-12-17)18(21)20-13-14-5-9-16(10-6-14)19(2,3)22/h5-12,22H,4,13H2,1-3H3,(H,20,21). The van der Waals surface area contributed by atoms with E-state index in [-0.39, 0.29) is 5.91 Å². The fourth-order valence-electron chi connectivity index (χ4n) is 2.18. The molecule has 4 nitrogen and oxygen atoms in total. The van der Waals surface area contributed by atoms with Gasteiger partial charge in [-0.3, -0.25) is 4.79 Å². The fourth-order valence-corrected chi connectivity index (χ4v) is 2.18. The quantitative estimate of drug-likeness (QED) is 0.860. The Kier molecular flexibility index (Phi) is 5.40. The molecule has 0 aliphatic heterocycles. The minimum absolute atomic E-state index is 0.125. The van der Waals surface area contributed by atoms with Gasteiger partial charge in [0.2, 0.25) is 0 Å². The van der Waals surface area contributed by atoms with Gasteiger partial charge in [-0.05, 0) is 56.2 Å². The maximum atomic E-state index is 12.1. The van der Waals surface area contributed by atoms with Gasteiger partial charge in [-0.15, -0.1) is 0 Å². The van der Waals surface area contributed by atoms with Crippen molar-refractivity contribution in [3.05, 3.63) is 65.2 Å². The van der Waals surface area contributed by atoms with E-state index >= 15 is 0 Å². The average molecular weight is 313 g/mol. The summed E-state index contributed by atoms with van der Waals surface area (Å²) in [5.41, 5.74) is 1.57. The van der Waals surface area contributed by atoms with Gasteiger partial charge in [0.05, 0.1) is 12.2 Å². The average Bonchev–Trinajstić information content (AvgIpc) is 2.53. The van der Waals surface area contributed by atoms with Crippen LogP contribution < -0.4 is 10.1 Å². The molecule has 4 heteroatoms. The Morgan fingerprint density at radius 2 is 1.70 bits per heavy atom. The van der Waals surface area contributed by atoms with Gasteiger partial charge in [-0.2, -0.15) is 0 Å². The Hall–Kier alpha value is -2.33. The number of amides is 1.